The Morgan fingerprint density at radius 1 is 1.38 bits per heavy atom. The van der Waals surface area contributed by atoms with Gasteiger partial charge in [0.25, 0.3) is 0 Å². The summed E-state index contributed by atoms with van der Waals surface area (Å²) in [4.78, 5) is 29.9. The molecule has 0 bridgehead atoms. The second-order valence-corrected chi connectivity index (χ2v) is 7.82. The first-order valence-electron chi connectivity index (χ1n) is 8.37. The van der Waals surface area contributed by atoms with Crippen molar-refractivity contribution in [3.05, 3.63) is 16.6 Å². The maximum absolute atomic E-state index is 12.3. The molecular formula is C17H26N2O4S. The lowest BCUT2D eigenvalue weighted by Crippen LogP contribution is -2.46. The van der Waals surface area contributed by atoms with Gasteiger partial charge in [0, 0.05) is 30.8 Å². The van der Waals surface area contributed by atoms with Crippen LogP contribution in [0.2, 0.25) is 0 Å². The summed E-state index contributed by atoms with van der Waals surface area (Å²) >= 11 is 1.32. The van der Waals surface area contributed by atoms with E-state index in [4.69, 9.17) is 9.47 Å². The molecule has 6 nitrogen and oxygen atoms in total. The van der Waals surface area contributed by atoms with Gasteiger partial charge in [-0.15, -0.1) is 11.3 Å². The molecule has 1 saturated heterocycles. The third-order valence-corrected chi connectivity index (χ3v) is 4.57. The zero-order chi connectivity index (χ0) is 17.6. The van der Waals surface area contributed by atoms with Crippen molar-refractivity contribution >= 4 is 23.2 Å². The highest BCUT2D eigenvalue weighted by Gasteiger charge is 2.30. The van der Waals surface area contributed by atoms with Gasteiger partial charge in [-0.25, -0.2) is 9.78 Å². The number of ketones is 1. The normalized spacial score (nSPS) is 18.5. The standard InChI is InChI=1S/C17H26N2O4S/c1-17(2,3)23-16(21)19-9-5-4-6-13(19)7-10-22-12-14(20)15-18-8-11-24-15/h8,11,13H,4-7,9-10,12H2,1-3H3. The third-order valence-electron chi connectivity index (χ3n) is 3.75. The average molecular weight is 354 g/mol. The number of hydrogen-bond acceptors (Lipinski definition) is 6. The van der Waals surface area contributed by atoms with Gasteiger partial charge in [0.15, 0.2) is 5.01 Å². The molecule has 0 N–H and O–H groups in total. The summed E-state index contributed by atoms with van der Waals surface area (Å²) in [5.41, 5.74) is -0.490. The molecule has 0 spiro atoms. The van der Waals surface area contributed by atoms with E-state index in [1.165, 1.54) is 11.3 Å². The van der Waals surface area contributed by atoms with Crippen LogP contribution in [0.3, 0.4) is 0 Å². The molecule has 0 aromatic carbocycles. The van der Waals surface area contributed by atoms with E-state index in [0.29, 0.717) is 18.0 Å². The zero-order valence-corrected chi connectivity index (χ0v) is 15.4. The van der Waals surface area contributed by atoms with Crippen LogP contribution in [0, 0.1) is 0 Å². The fourth-order valence-corrected chi connectivity index (χ4v) is 3.23. The van der Waals surface area contributed by atoms with Crippen molar-refractivity contribution in [2.45, 2.75) is 58.1 Å². The number of aromatic nitrogens is 1. The van der Waals surface area contributed by atoms with Crippen LogP contribution in [0.15, 0.2) is 11.6 Å². The Morgan fingerprint density at radius 3 is 2.83 bits per heavy atom. The minimum absolute atomic E-state index is 0.0344. The second kappa shape index (κ2) is 8.58. The molecule has 1 aliphatic heterocycles. The summed E-state index contributed by atoms with van der Waals surface area (Å²) in [5.74, 6) is -0.0994. The fraction of sp³-hybridized carbons (Fsp3) is 0.706. The van der Waals surface area contributed by atoms with Gasteiger partial charge in [-0.2, -0.15) is 0 Å². The molecule has 1 aromatic heterocycles. The Hall–Kier alpha value is -1.47. The molecule has 1 fully saturated rings. The average Bonchev–Trinajstić information content (AvgIpc) is 3.04. The minimum atomic E-state index is -0.490. The number of likely N-dealkylation sites (tertiary alicyclic amines) is 1. The molecule has 24 heavy (non-hydrogen) atoms. The molecule has 2 heterocycles. The van der Waals surface area contributed by atoms with Crippen LogP contribution in [0.25, 0.3) is 0 Å². The van der Waals surface area contributed by atoms with E-state index >= 15 is 0 Å². The monoisotopic (exact) mass is 354 g/mol. The summed E-state index contributed by atoms with van der Waals surface area (Å²) in [7, 11) is 0. The molecule has 0 aliphatic carbocycles. The topological polar surface area (TPSA) is 68.7 Å². The number of rotatable bonds is 6. The fourth-order valence-electron chi connectivity index (χ4n) is 2.67. The lowest BCUT2D eigenvalue weighted by atomic mass is 10.0. The maximum atomic E-state index is 12.3. The predicted octanol–water partition coefficient (Wildman–Crippen LogP) is 3.52. The van der Waals surface area contributed by atoms with Crippen LogP contribution in [0.1, 0.15) is 56.3 Å². The largest absolute Gasteiger partial charge is 0.444 e. The van der Waals surface area contributed by atoms with Crippen LogP contribution in [-0.2, 0) is 9.47 Å². The van der Waals surface area contributed by atoms with E-state index in [0.717, 1.165) is 25.8 Å². The van der Waals surface area contributed by atoms with Crippen molar-refractivity contribution < 1.29 is 19.1 Å². The van der Waals surface area contributed by atoms with Crippen molar-refractivity contribution in [3.8, 4) is 0 Å². The number of nitrogens with zero attached hydrogens (tertiary/aromatic N) is 2. The molecule has 1 aromatic rings. The molecular weight excluding hydrogens is 328 g/mol. The van der Waals surface area contributed by atoms with E-state index in [2.05, 4.69) is 4.98 Å². The Morgan fingerprint density at radius 2 is 2.17 bits per heavy atom. The highest BCUT2D eigenvalue weighted by atomic mass is 32.1. The van der Waals surface area contributed by atoms with E-state index in [-0.39, 0.29) is 24.5 Å². The number of carbonyl (C=O) groups excluding carboxylic acids is 2. The van der Waals surface area contributed by atoms with Gasteiger partial charge in [0.05, 0.1) is 0 Å². The van der Waals surface area contributed by atoms with E-state index in [1.54, 1.807) is 16.5 Å². The summed E-state index contributed by atoms with van der Waals surface area (Å²) < 4.78 is 11.0. The quantitative estimate of drug-likeness (QED) is 0.577. The molecule has 2 rings (SSSR count). The van der Waals surface area contributed by atoms with Crippen molar-refractivity contribution in [1.82, 2.24) is 9.88 Å². The van der Waals surface area contributed by atoms with E-state index < -0.39 is 5.60 Å². The lowest BCUT2D eigenvalue weighted by molar-refractivity contribution is 0.00457. The summed E-state index contributed by atoms with van der Waals surface area (Å²) in [6.07, 6.45) is 5.11. The number of Topliss-reactive ketones (excluding diaryl/α,β-unsaturated/α-hetero) is 1. The third kappa shape index (κ3) is 5.87. The minimum Gasteiger partial charge on any atom is -0.444 e. The molecule has 0 radical (unpaired) electrons. The van der Waals surface area contributed by atoms with E-state index in [1.807, 2.05) is 20.8 Å². The van der Waals surface area contributed by atoms with Crippen LogP contribution < -0.4 is 0 Å². The van der Waals surface area contributed by atoms with Gasteiger partial charge in [0.1, 0.15) is 12.2 Å². The number of piperidine rings is 1. The Labute approximate surface area is 147 Å². The molecule has 7 heteroatoms. The highest BCUT2D eigenvalue weighted by molar-refractivity contribution is 7.11. The van der Waals surface area contributed by atoms with Crippen molar-refractivity contribution in [1.29, 1.82) is 0 Å². The van der Waals surface area contributed by atoms with Crippen molar-refractivity contribution in [3.63, 3.8) is 0 Å². The van der Waals surface area contributed by atoms with Crippen LogP contribution in [0.5, 0.6) is 0 Å². The number of thiazole rings is 1. The first-order chi connectivity index (χ1) is 11.4. The Bertz CT molecular complexity index is 539. The van der Waals surface area contributed by atoms with Crippen molar-refractivity contribution in [2.75, 3.05) is 19.8 Å². The van der Waals surface area contributed by atoms with Gasteiger partial charge in [-0.3, -0.25) is 4.79 Å². The Balaban J connectivity index is 1.76. The number of hydrogen-bond donors (Lipinski definition) is 0. The molecule has 1 amide bonds. The molecule has 1 aliphatic rings. The van der Waals surface area contributed by atoms with Crippen LogP contribution >= 0.6 is 11.3 Å². The number of amides is 1. The zero-order valence-electron chi connectivity index (χ0n) is 14.6. The summed E-state index contributed by atoms with van der Waals surface area (Å²) in [5, 5.41) is 2.25. The number of ether oxygens (including phenoxy) is 2. The van der Waals surface area contributed by atoms with Gasteiger partial charge in [-0.05, 0) is 46.5 Å². The maximum Gasteiger partial charge on any atom is 0.410 e. The molecule has 0 saturated carbocycles. The van der Waals surface area contributed by atoms with Gasteiger partial charge >= 0.3 is 6.09 Å². The van der Waals surface area contributed by atoms with Crippen molar-refractivity contribution in [2.24, 2.45) is 0 Å². The predicted molar refractivity (Wildman–Crippen MR) is 92.5 cm³/mol. The summed E-state index contributed by atoms with van der Waals surface area (Å²) in [6, 6.07) is 0.114. The Kier molecular flexibility index (Phi) is 6.74. The SMILES string of the molecule is CC(C)(C)OC(=O)N1CCCCC1CCOCC(=O)c1nccs1. The first-order valence-corrected chi connectivity index (χ1v) is 9.25. The van der Waals surface area contributed by atoms with Crippen LogP contribution in [-0.4, -0.2) is 53.2 Å². The smallest absolute Gasteiger partial charge is 0.410 e. The first kappa shape index (κ1) is 18.9. The second-order valence-electron chi connectivity index (χ2n) is 6.93. The molecule has 1 unspecified atom stereocenters. The molecule has 1 atom stereocenters. The van der Waals surface area contributed by atoms with Gasteiger partial charge < -0.3 is 14.4 Å². The summed E-state index contributed by atoms with van der Waals surface area (Å²) in [6.45, 7) is 6.82. The van der Waals surface area contributed by atoms with Gasteiger partial charge in [-0.1, -0.05) is 0 Å². The number of carbonyl (C=O) groups is 2. The lowest BCUT2D eigenvalue weighted by Gasteiger charge is -2.36. The van der Waals surface area contributed by atoms with Crippen LogP contribution in [0.4, 0.5) is 4.79 Å². The van der Waals surface area contributed by atoms with E-state index in [9.17, 15) is 9.59 Å². The molecule has 134 valence electrons. The van der Waals surface area contributed by atoms with Gasteiger partial charge in [0.2, 0.25) is 5.78 Å². The highest BCUT2D eigenvalue weighted by Crippen LogP contribution is 2.22.